The molecule has 0 aromatic rings. The van der Waals surface area contributed by atoms with Crippen molar-refractivity contribution in [3.63, 3.8) is 0 Å². The van der Waals surface area contributed by atoms with E-state index in [2.05, 4.69) is 10.6 Å². The second-order valence-electron chi connectivity index (χ2n) is 5.24. The molecule has 1 saturated heterocycles. The predicted octanol–water partition coefficient (Wildman–Crippen LogP) is 1.11. The van der Waals surface area contributed by atoms with Crippen LogP contribution < -0.4 is 10.6 Å². The Bertz CT molecular complexity index is 326. The van der Waals surface area contributed by atoms with Crippen LogP contribution in [0.1, 0.15) is 40.0 Å². The van der Waals surface area contributed by atoms with E-state index < -0.39 is 17.5 Å². The molecule has 1 atom stereocenters. The molecule has 6 nitrogen and oxygen atoms in total. The first-order chi connectivity index (χ1) is 8.31. The van der Waals surface area contributed by atoms with Crippen LogP contribution in [-0.2, 0) is 9.53 Å². The van der Waals surface area contributed by atoms with Crippen LogP contribution in [0.15, 0.2) is 0 Å². The molecule has 1 heterocycles. The molecule has 3 N–H and O–H groups in total. The van der Waals surface area contributed by atoms with Gasteiger partial charge in [0.2, 0.25) is 0 Å². The first-order valence-corrected chi connectivity index (χ1v) is 6.23. The Morgan fingerprint density at radius 2 is 1.94 bits per heavy atom. The third-order valence-electron chi connectivity index (χ3n) is 3.58. The Morgan fingerprint density at radius 3 is 2.39 bits per heavy atom. The second-order valence-corrected chi connectivity index (χ2v) is 5.24. The van der Waals surface area contributed by atoms with Gasteiger partial charge >= 0.3 is 12.0 Å². The van der Waals surface area contributed by atoms with Gasteiger partial charge in [-0.25, -0.2) is 9.59 Å². The number of hydrogen-bond acceptors (Lipinski definition) is 3. The highest BCUT2D eigenvalue weighted by atomic mass is 16.5. The van der Waals surface area contributed by atoms with Crippen LogP contribution in [0, 0.1) is 0 Å². The molecular formula is C12H22N2O4. The molecule has 0 aliphatic carbocycles. The molecule has 1 aliphatic rings. The van der Waals surface area contributed by atoms with E-state index in [0.29, 0.717) is 19.6 Å². The summed E-state index contributed by atoms with van der Waals surface area (Å²) in [4.78, 5) is 23.0. The smallest absolute Gasteiger partial charge is 0.329 e. The molecule has 0 aromatic carbocycles. The molecule has 0 spiro atoms. The van der Waals surface area contributed by atoms with Crippen LogP contribution in [-0.4, -0.2) is 41.4 Å². The fourth-order valence-corrected chi connectivity index (χ4v) is 1.80. The van der Waals surface area contributed by atoms with Crippen LogP contribution in [0.5, 0.6) is 0 Å². The molecule has 1 fully saturated rings. The molecule has 6 heteroatoms. The zero-order valence-corrected chi connectivity index (χ0v) is 11.2. The highest BCUT2D eigenvalue weighted by Crippen LogP contribution is 2.19. The number of urea groups is 1. The molecule has 104 valence electrons. The first-order valence-electron chi connectivity index (χ1n) is 6.23. The van der Waals surface area contributed by atoms with Crippen LogP contribution in [0.25, 0.3) is 0 Å². The van der Waals surface area contributed by atoms with Crippen molar-refractivity contribution in [2.45, 2.75) is 51.1 Å². The van der Waals surface area contributed by atoms with E-state index in [1.807, 2.05) is 6.92 Å². The normalized spacial score (nSPS) is 21.7. The van der Waals surface area contributed by atoms with E-state index in [9.17, 15) is 9.59 Å². The van der Waals surface area contributed by atoms with Gasteiger partial charge in [0.25, 0.3) is 0 Å². The average Bonchev–Trinajstić information content (AvgIpc) is 2.28. The zero-order chi connectivity index (χ0) is 13.8. The van der Waals surface area contributed by atoms with E-state index in [1.54, 1.807) is 6.92 Å². The molecular weight excluding hydrogens is 236 g/mol. The number of aliphatic carboxylic acids is 1. The number of hydrogen-bond donors (Lipinski definition) is 3. The van der Waals surface area contributed by atoms with E-state index in [4.69, 9.17) is 9.84 Å². The first kappa shape index (κ1) is 14.8. The fourth-order valence-electron chi connectivity index (χ4n) is 1.80. The highest BCUT2D eigenvalue weighted by molar-refractivity contribution is 5.86. The maximum absolute atomic E-state index is 11.9. The summed E-state index contributed by atoms with van der Waals surface area (Å²) < 4.78 is 5.24. The van der Waals surface area contributed by atoms with Crippen LogP contribution in [0.2, 0.25) is 0 Å². The van der Waals surface area contributed by atoms with Gasteiger partial charge < -0.3 is 20.5 Å². The Labute approximate surface area is 107 Å². The summed E-state index contributed by atoms with van der Waals surface area (Å²) in [6, 6.07) is -0.439. The average molecular weight is 258 g/mol. The Kier molecular flexibility index (Phi) is 4.56. The van der Waals surface area contributed by atoms with Gasteiger partial charge in [-0.3, -0.25) is 0 Å². The number of amides is 2. The molecule has 1 rings (SSSR count). The third kappa shape index (κ3) is 3.60. The minimum Gasteiger partial charge on any atom is -0.480 e. The Balaban J connectivity index is 2.57. The lowest BCUT2D eigenvalue weighted by Gasteiger charge is -2.35. The summed E-state index contributed by atoms with van der Waals surface area (Å²) in [5, 5.41) is 14.5. The van der Waals surface area contributed by atoms with Gasteiger partial charge in [0.05, 0.1) is 0 Å². The summed E-state index contributed by atoms with van der Waals surface area (Å²) in [7, 11) is 0. The third-order valence-corrected chi connectivity index (χ3v) is 3.58. The van der Waals surface area contributed by atoms with Crippen molar-refractivity contribution in [3.8, 4) is 0 Å². The highest BCUT2D eigenvalue weighted by Gasteiger charge is 2.35. The van der Waals surface area contributed by atoms with Crippen molar-refractivity contribution < 1.29 is 19.4 Å². The number of nitrogens with one attached hydrogen (secondary N) is 2. The van der Waals surface area contributed by atoms with Gasteiger partial charge in [-0.1, -0.05) is 6.92 Å². The minimum atomic E-state index is -1.23. The van der Waals surface area contributed by atoms with E-state index >= 15 is 0 Å². The zero-order valence-electron chi connectivity index (χ0n) is 11.2. The molecule has 0 saturated carbocycles. The summed E-state index contributed by atoms with van der Waals surface area (Å²) in [6.45, 7) is 6.40. The fraction of sp³-hybridized carbons (Fsp3) is 0.833. The van der Waals surface area contributed by atoms with Crippen LogP contribution >= 0.6 is 0 Å². The quantitative estimate of drug-likeness (QED) is 0.705. The van der Waals surface area contributed by atoms with Crippen LogP contribution in [0.3, 0.4) is 0 Å². The van der Waals surface area contributed by atoms with Gasteiger partial charge in [-0.15, -0.1) is 0 Å². The SMILES string of the molecule is CCC(C)(NC(=O)NC1(C)CCOCC1)C(=O)O. The van der Waals surface area contributed by atoms with Crippen molar-refractivity contribution in [3.05, 3.63) is 0 Å². The van der Waals surface area contributed by atoms with Crippen molar-refractivity contribution in [2.24, 2.45) is 0 Å². The number of carboxylic acids is 1. The van der Waals surface area contributed by atoms with Gasteiger partial charge in [-0.2, -0.15) is 0 Å². The lowest BCUT2D eigenvalue weighted by atomic mass is 9.92. The van der Waals surface area contributed by atoms with Crippen LogP contribution in [0.4, 0.5) is 4.79 Å². The van der Waals surface area contributed by atoms with Crippen molar-refractivity contribution in [1.29, 1.82) is 0 Å². The standard InChI is InChI=1S/C12H22N2O4/c1-4-12(3,9(15)16)14-10(17)13-11(2)5-7-18-8-6-11/h4-8H2,1-3H3,(H,15,16)(H2,13,14,17). The van der Waals surface area contributed by atoms with E-state index in [1.165, 1.54) is 6.92 Å². The molecule has 0 radical (unpaired) electrons. The number of carbonyl (C=O) groups is 2. The number of ether oxygens (including phenoxy) is 1. The second kappa shape index (κ2) is 5.56. The molecule has 0 bridgehead atoms. The molecule has 18 heavy (non-hydrogen) atoms. The topological polar surface area (TPSA) is 87.7 Å². The monoisotopic (exact) mass is 258 g/mol. The summed E-state index contributed by atoms with van der Waals surface area (Å²) in [5.74, 6) is -1.03. The maximum Gasteiger partial charge on any atom is 0.329 e. The summed E-state index contributed by atoms with van der Waals surface area (Å²) >= 11 is 0. The Hall–Kier alpha value is -1.30. The van der Waals surface area contributed by atoms with Gasteiger partial charge in [-0.05, 0) is 33.1 Å². The molecule has 2 amide bonds. The lowest BCUT2D eigenvalue weighted by Crippen LogP contribution is -2.59. The van der Waals surface area contributed by atoms with Gasteiger partial charge in [0.1, 0.15) is 5.54 Å². The number of rotatable bonds is 4. The van der Waals surface area contributed by atoms with E-state index in [-0.39, 0.29) is 5.54 Å². The predicted molar refractivity (Wildman–Crippen MR) is 66.5 cm³/mol. The summed E-state index contributed by atoms with van der Waals surface area (Å²) in [5.41, 5.74) is -1.55. The van der Waals surface area contributed by atoms with Crippen molar-refractivity contribution >= 4 is 12.0 Å². The molecule has 0 aromatic heterocycles. The number of carbonyl (C=O) groups excluding carboxylic acids is 1. The maximum atomic E-state index is 11.9. The van der Waals surface area contributed by atoms with Crippen molar-refractivity contribution in [2.75, 3.05) is 13.2 Å². The minimum absolute atomic E-state index is 0.324. The van der Waals surface area contributed by atoms with Gasteiger partial charge in [0.15, 0.2) is 0 Å². The van der Waals surface area contributed by atoms with Gasteiger partial charge in [0, 0.05) is 18.8 Å². The lowest BCUT2D eigenvalue weighted by molar-refractivity contribution is -0.143. The molecule has 1 aliphatic heterocycles. The number of carboxylic acid groups (broad SMARTS) is 1. The van der Waals surface area contributed by atoms with E-state index in [0.717, 1.165) is 12.8 Å². The summed E-state index contributed by atoms with van der Waals surface area (Å²) in [6.07, 6.45) is 1.79. The largest absolute Gasteiger partial charge is 0.480 e. The Morgan fingerprint density at radius 1 is 1.39 bits per heavy atom. The van der Waals surface area contributed by atoms with Crippen molar-refractivity contribution in [1.82, 2.24) is 10.6 Å². The molecule has 1 unspecified atom stereocenters.